The third kappa shape index (κ3) is 6.54. The first-order valence-corrected chi connectivity index (χ1v) is 7.37. The molecule has 0 rings (SSSR count). The van der Waals surface area contributed by atoms with Gasteiger partial charge in [-0.2, -0.15) is 0 Å². The lowest BCUT2D eigenvalue weighted by Crippen LogP contribution is -2.21. The Morgan fingerprint density at radius 2 is 2.15 bits per heavy atom. The van der Waals surface area contributed by atoms with Gasteiger partial charge in [-0.3, -0.25) is 4.79 Å². The maximum atomic E-state index is 11.0. The molecule has 0 unspecified atom stereocenters. The van der Waals surface area contributed by atoms with E-state index in [9.17, 15) is 9.59 Å². The number of rotatable bonds is 4. The molecule has 0 aromatic heterocycles. The summed E-state index contributed by atoms with van der Waals surface area (Å²) in [6.07, 6.45) is 2.48. The molecule has 1 N–H and O–H groups in total. The molecular formula is C9H18O3Si. The topological polar surface area (TPSA) is 46.5 Å². The standard InChI is InChI=1S/C9H18O3Si/c1-8(9(10)12-2)6-5-7-13(3,4)11/h5,7-8,11H,6H2,1-4H3/b7-5+/t8-/m1/s1. The van der Waals surface area contributed by atoms with E-state index in [1.807, 2.05) is 31.8 Å². The highest BCUT2D eigenvalue weighted by Crippen LogP contribution is 2.07. The zero-order chi connectivity index (χ0) is 10.5. The van der Waals surface area contributed by atoms with E-state index in [1.165, 1.54) is 7.11 Å². The molecule has 0 heterocycles. The van der Waals surface area contributed by atoms with Gasteiger partial charge in [0.15, 0.2) is 0 Å². The Balaban J connectivity index is 3.89. The molecule has 0 aromatic carbocycles. The van der Waals surface area contributed by atoms with E-state index in [4.69, 9.17) is 0 Å². The normalized spacial score (nSPS) is 14.5. The van der Waals surface area contributed by atoms with E-state index in [-0.39, 0.29) is 11.9 Å². The van der Waals surface area contributed by atoms with Crippen molar-refractivity contribution in [3.05, 3.63) is 11.8 Å². The summed E-state index contributed by atoms with van der Waals surface area (Å²) in [6, 6.07) is 0. The maximum absolute atomic E-state index is 11.0. The molecule has 76 valence electrons. The van der Waals surface area contributed by atoms with E-state index in [0.29, 0.717) is 6.42 Å². The maximum Gasteiger partial charge on any atom is 0.308 e. The molecule has 0 fully saturated rings. The summed E-state index contributed by atoms with van der Waals surface area (Å²) in [5, 5.41) is 0. The molecule has 0 aliphatic rings. The van der Waals surface area contributed by atoms with E-state index in [2.05, 4.69) is 4.74 Å². The minimum absolute atomic E-state index is 0.127. The summed E-state index contributed by atoms with van der Waals surface area (Å²) in [5.41, 5.74) is 1.81. The fraction of sp³-hybridized carbons (Fsp3) is 0.667. The number of carbonyl (C=O) groups excluding carboxylic acids is 1. The molecule has 13 heavy (non-hydrogen) atoms. The lowest BCUT2D eigenvalue weighted by molar-refractivity contribution is -0.144. The number of esters is 1. The predicted octanol–water partition coefficient (Wildman–Crippen LogP) is 1.48. The van der Waals surface area contributed by atoms with Crippen molar-refractivity contribution in [3.8, 4) is 0 Å². The zero-order valence-corrected chi connectivity index (χ0v) is 9.70. The van der Waals surface area contributed by atoms with Gasteiger partial charge < -0.3 is 9.53 Å². The van der Waals surface area contributed by atoms with E-state index in [0.717, 1.165) is 0 Å². The predicted molar refractivity (Wildman–Crippen MR) is 54.6 cm³/mol. The van der Waals surface area contributed by atoms with Crippen LogP contribution in [0.3, 0.4) is 0 Å². The van der Waals surface area contributed by atoms with Gasteiger partial charge in [0.2, 0.25) is 8.32 Å². The first-order valence-electron chi connectivity index (χ1n) is 4.34. The largest absolute Gasteiger partial charge is 0.469 e. The van der Waals surface area contributed by atoms with Gasteiger partial charge in [0.05, 0.1) is 13.0 Å². The molecule has 0 aromatic rings. The van der Waals surface area contributed by atoms with Crippen molar-refractivity contribution < 1.29 is 14.3 Å². The van der Waals surface area contributed by atoms with Crippen LogP contribution in [0.15, 0.2) is 11.8 Å². The van der Waals surface area contributed by atoms with Gasteiger partial charge in [-0.1, -0.05) is 18.7 Å². The van der Waals surface area contributed by atoms with Gasteiger partial charge in [0, 0.05) is 0 Å². The Morgan fingerprint density at radius 1 is 1.62 bits per heavy atom. The summed E-state index contributed by atoms with van der Waals surface area (Å²) >= 11 is 0. The summed E-state index contributed by atoms with van der Waals surface area (Å²) in [7, 11) is -0.719. The molecule has 0 saturated heterocycles. The molecule has 0 spiro atoms. The first-order chi connectivity index (χ1) is 5.87. The van der Waals surface area contributed by atoms with Crippen LogP contribution < -0.4 is 0 Å². The first kappa shape index (κ1) is 12.4. The lowest BCUT2D eigenvalue weighted by Gasteiger charge is -2.08. The highest BCUT2D eigenvalue weighted by molar-refractivity contribution is 6.74. The molecule has 0 radical (unpaired) electrons. The Labute approximate surface area is 80.5 Å². The fourth-order valence-electron chi connectivity index (χ4n) is 0.858. The number of allylic oxidation sites excluding steroid dienone is 1. The van der Waals surface area contributed by atoms with Gasteiger partial charge in [0.25, 0.3) is 0 Å². The Bertz CT molecular complexity index is 194. The Morgan fingerprint density at radius 3 is 2.54 bits per heavy atom. The minimum Gasteiger partial charge on any atom is -0.469 e. The molecule has 0 saturated carbocycles. The number of hydrogen-bond acceptors (Lipinski definition) is 3. The molecule has 0 bridgehead atoms. The summed E-state index contributed by atoms with van der Waals surface area (Å²) in [6.45, 7) is 5.46. The van der Waals surface area contributed by atoms with Crippen LogP contribution in [0.5, 0.6) is 0 Å². The second-order valence-corrected chi connectivity index (χ2v) is 7.36. The lowest BCUT2D eigenvalue weighted by atomic mass is 10.1. The van der Waals surface area contributed by atoms with Gasteiger partial charge in [-0.15, -0.1) is 0 Å². The van der Waals surface area contributed by atoms with Crippen LogP contribution in [0, 0.1) is 5.92 Å². The summed E-state index contributed by atoms with van der Waals surface area (Å²) < 4.78 is 4.57. The average Bonchev–Trinajstić information content (AvgIpc) is 2.00. The van der Waals surface area contributed by atoms with Crippen molar-refractivity contribution in [2.45, 2.75) is 26.4 Å². The van der Waals surface area contributed by atoms with E-state index >= 15 is 0 Å². The van der Waals surface area contributed by atoms with Crippen LogP contribution >= 0.6 is 0 Å². The van der Waals surface area contributed by atoms with E-state index in [1.54, 1.807) is 0 Å². The second-order valence-electron chi connectivity index (χ2n) is 3.72. The van der Waals surface area contributed by atoms with Gasteiger partial charge >= 0.3 is 5.97 Å². The molecule has 3 nitrogen and oxygen atoms in total. The van der Waals surface area contributed by atoms with Gasteiger partial charge in [0.1, 0.15) is 0 Å². The van der Waals surface area contributed by atoms with Crippen molar-refractivity contribution in [3.63, 3.8) is 0 Å². The smallest absolute Gasteiger partial charge is 0.308 e. The average molecular weight is 202 g/mol. The Kier molecular flexibility index (Phi) is 4.94. The van der Waals surface area contributed by atoms with Crippen molar-refractivity contribution in [1.82, 2.24) is 0 Å². The summed E-state index contributed by atoms with van der Waals surface area (Å²) in [5.74, 6) is -0.334. The summed E-state index contributed by atoms with van der Waals surface area (Å²) in [4.78, 5) is 20.4. The quantitative estimate of drug-likeness (QED) is 0.555. The van der Waals surface area contributed by atoms with Crippen LogP contribution in [0.2, 0.25) is 13.1 Å². The monoisotopic (exact) mass is 202 g/mol. The molecule has 1 atom stereocenters. The van der Waals surface area contributed by atoms with Crippen molar-refractivity contribution in [1.29, 1.82) is 0 Å². The highest BCUT2D eigenvalue weighted by atomic mass is 28.4. The zero-order valence-electron chi connectivity index (χ0n) is 8.70. The minimum atomic E-state index is -2.10. The fourth-order valence-corrected chi connectivity index (χ4v) is 1.57. The highest BCUT2D eigenvalue weighted by Gasteiger charge is 2.13. The number of methoxy groups -OCH3 is 1. The second kappa shape index (κ2) is 5.19. The third-order valence-corrected chi connectivity index (χ3v) is 2.67. The van der Waals surface area contributed by atoms with Crippen molar-refractivity contribution >= 4 is 14.3 Å². The molecular weight excluding hydrogens is 184 g/mol. The molecule has 0 aliphatic carbocycles. The molecule has 4 heteroatoms. The van der Waals surface area contributed by atoms with Crippen LogP contribution in [-0.2, 0) is 9.53 Å². The van der Waals surface area contributed by atoms with Crippen molar-refractivity contribution in [2.24, 2.45) is 5.92 Å². The Hall–Kier alpha value is -0.613. The SMILES string of the molecule is COC(=O)[C@H](C)C/C=C/[Si](C)(C)O. The van der Waals surface area contributed by atoms with Gasteiger partial charge in [-0.05, 0) is 19.5 Å². The van der Waals surface area contributed by atoms with Crippen LogP contribution in [0.25, 0.3) is 0 Å². The van der Waals surface area contributed by atoms with E-state index < -0.39 is 8.32 Å². The third-order valence-electron chi connectivity index (χ3n) is 1.62. The number of hydrogen-bond donors (Lipinski definition) is 1. The van der Waals surface area contributed by atoms with Crippen LogP contribution in [0.1, 0.15) is 13.3 Å². The van der Waals surface area contributed by atoms with Gasteiger partial charge in [-0.25, -0.2) is 0 Å². The number of carbonyl (C=O) groups is 1. The molecule has 0 aliphatic heterocycles. The van der Waals surface area contributed by atoms with Crippen LogP contribution in [-0.4, -0.2) is 26.2 Å². The van der Waals surface area contributed by atoms with Crippen LogP contribution in [0.4, 0.5) is 0 Å². The van der Waals surface area contributed by atoms with Crippen molar-refractivity contribution in [2.75, 3.05) is 7.11 Å². The number of ether oxygens (including phenoxy) is 1. The molecule has 0 amide bonds.